The van der Waals surface area contributed by atoms with Crippen molar-refractivity contribution in [1.82, 2.24) is 4.90 Å². The molecule has 7 heteroatoms. The fraction of sp³-hybridized carbons (Fsp3) is 0.429. The Morgan fingerprint density at radius 1 is 1.33 bits per heavy atom. The average Bonchev–Trinajstić information content (AvgIpc) is 2.46. The van der Waals surface area contributed by atoms with E-state index in [1.807, 2.05) is 31.2 Å². The Morgan fingerprint density at radius 2 is 1.95 bits per heavy atom. The van der Waals surface area contributed by atoms with Crippen molar-refractivity contribution in [2.45, 2.75) is 19.4 Å². The van der Waals surface area contributed by atoms with Crippen molar-refractivity contribution < 1.29 is 24.8 Å². The minimum absolute atomic E-state index is 0.115. The van der Waals surface area contributed by atoms with Gasteiger partial charge in [-0.15, -0.1) is 0 Å². The molecule has 0 saturated carbocycles. The molecule has 116 valence electrons. The Bertz CT molecular complexity index is 476. The molecule has 0 aliphatic heterocycles. The van der Waals surface area contributed by atoms with E-state index in [4.69, 9.17) is 15.2 Å². The number of hydrogen-bond acceptors (Lipinski definition) is 4. The molecule has 21 heavy (non-hydrogen) atoms. The van der Waals surface area contributed by atoms with E-state index < -0.39 is 12.1 Å². The molecule has 0 aliphatic rings. The van der Waals surface area contributed by atoms with Crippen LogP contribution in [0.25, 0.3) is 0 Å². The average molecular weight is 296 g/mol. The van der Waals surface area contributed by atoms with E-state index in [2.05, 4.69) is 5.73 Å². The summed E-state index contributed by atoms with van der Waals surface area (Å²) >= 11 is 0. The second-order valence-electron chi connectivity index (χ2n) is 4.62. The number of nitrogens with two attached hydrogens (primary N) is 1. The van der Waals surface area contributed by atoms with Crippen LogP contribution >= 0.6 is 0 Å². The van der Waals surface area contributed by atoms with Gasteiger partial charge in [0.1, 0.15) is 18.4 Å². The maximum atomic E-state index is 11.4. The van der Waals surface area contributed by atoms with Crippen molar-refractivity contribution in [2.24, 2.45) is 5.73 Å². The van der Waals surface area contributed by atoms with Gasteiger partial charge in [0.25, 0.3) is 0 Å². The van der Waals surface area contributed by atoms with Gasteiger partial charge < -0.3 is 20.9 Å². The molecular formula is C14H22N3O4+. The second-order valence-corrected chi connectivity index (χ2v) is 4.62. The summed E-state index contributed by atoms with van der Waals surface area (Å²) in [6, 6.07) is 6.69. The van der Waals surface area contributed by atoms with Crippen molar-refractivity contribution >= 4 is 12.1 Å². The molecule has 1 aromatic rings. The fourth-order valence-corrected chi connectivity index (χ4v) is 1.66. The highest BCUT2D eigenvalue weighted by Gasteiger charge is 2.17. The lowest BCUT2D eigenvalue weighted by atomic mass is 10.1. The molecule has 1 rings (SSSR count). The van der Waals surface area contributed by atoms with Gasteiger partial charge in [0.2, 0.25) is 0 Å². The standard InChI is InChI=1S/C14H21N3O4/c1-3-20-12-6-4-10(5-7-12)8-11(15)9-21-14(19)17(2)13(16)18/h4-7,11H,3,8-9,15H2,1-2H3,(H2,16,18)/p+1/t11-/m1/s1. The number of amides is 3. The highest BCUT2D eigenvalue weighted by molar-refractivity contribution is 5.89. The van der Waals surface area contributed by atoms with Crippen LogP contribution in [-0.2, 0) is 11.2 Å². The van der Waals surface area contributed by atoms with Gasteiger partial charge in [-0.25, -0.2) is 14.5 Å². The molecule has 0 fully saturated rings. The number of carbonyl (C=O) groups excluding carboxylic acids is 2. The van der Waals surface area contributed by atoms with Crippen molar-refractivity contribution in [3.8, 4) is 5.75 Å². The molecular weight excluding hydrogens is 274 g/mol. The molecule has 0 radical (unpaired) electrons. The van der Waals surface area contributed by atoms with Crippen LogP contribution in [-0.4, -0.2) is 43.3 Å². The van der Waals surface area contributed by atoms with Gasteiger partial charge in [0.05, 0.1) is 6.61 Å². The summed E-state index contributed by atoms with van der Waals surface area (Å²) in [4.78, 5) is 22.9. The maximum Gasteiger partial charge on any atom is 0.417 e. The molecule has 5 N–H and O–H groups in total. The van der Waals surface area contributed by atoms with Crippen molar-refractivity contribution in [2.75, 3.05) is 20.3 Å². The van der Waals surface area contributed by atoms with Crippen LogP contribution in [0.2, 0.25) is 0 Å². The van der Waals surface area contributed by atoms with Gasteiger partial charge in [-0.1, -0.05) is 12.1 Å². The summed E-state index contributed by atoms with van der Waals surface area (Å²) in [6.45, 7) is 2.67. The maximum absolute atomic E-state index is 11.4. The number of rotatable bonds is 6. The second kappa shape index (κ2) is 8.11. The van der Waals surface area contributed by atoms with Gasteiger partial charge in [-0.2, -0.15) is 0 Å². The van der Waals surface area contributed by atoms with E-state index in [9.17, 15) is 9.59 Å². The zero-order chi connectivity index (χ0) is 15.8. The highest BCUT2D eigenvalue weighted by Crippen LogP contribution is 2.12. The topological polar surface area (TPSA) is 110 Å². The third-order valence-corrected chi connectivity index (χ3v) is 2.81. The van der Waals surface area contributed by atoms with E-state index >= 15 is 0 Å². The minimum Gasteiger partial charge on any atom is -0.494 e. The summed E-state index contributed by atoms with van der Waals surface area (Å²) in [5.74, 6) is 0.816. The van der Waals surface area contributed by atoms with Crippen molar-refractivity contribution in [1.29, 1.82) is 0 Å². The van der Waals surface area contributed by atoms with Gasteiger partial charge in [-0.05, 0) is 24.6 Å². The Hall–Kier alpha value is -2.28. The number of ether oxygens (including phenoxy) is 2. The Balaban J connectivity index is 2.41. The van der Waals surface area contributed by atoms with Crippen LogP contribution in [0.3, 0.4) is 0 Å². The fourth-order valence-electron chi connectivity index (χ4n) is 1.66. The highest BCUT2D eigenvalue weighted by atomic mass is 16.6. The number of hydrogen-bond donors (Lipinski definition) is 2. The molecule has 1 atom stereocenters. The number of quaternary nitrogens is 1. The van der Waals surface area contributed by atoms with E-state index in [0.29, 0.717) is 17.9 Å². The number of primary amides is 1. The molecule has 0 unspecified atom stereocenters. The molecule has 7 nitrogen and oxygen atoms in total. The molecule has 0 saturated heterocycles. The first-order valence-electron chi connectivity index (χ1n) is 6.68. The lowest BCUT2D eigenvalue weighted by Crippen LogP contribution is -2.64. The number of benzene rings is 1. The van der Waals surface area contributed by atoms with Crippen LogP contribution in [0.15, 0.2) is 24.3 Å². The molecule has 0 spiro atoms. The van der Waals surface area contributed by atoms with Gasteiger partial charge in [-0.3, -0.25) is 0 Å². The van der Waals surface area contributed by atoms with Crippen LogP contribution in [0.4, 0.5) is 9.59 Å². The summed E-state index contributed by atoms with van der Waals surface area (Å²) < 4.78 is 10.3. The van der Waals surface area contributed by atoms with Crippen LogP contribution in [0, 0.1) is 0 Å². The predicted molar refractivity (Wildman–Crippen MR) is 76.7 cm³/mol. The molecule has 0 bridgehead atoms. The number of carbonyl (C=O) groups is 2. The number of urea groups is 1. The quantitative estimate of drug-likeness (QED) is 0.791. The zero-order valence-electron chi connectivity index (χ0n) is 12.4. The Kier molecular flexibility index (Phi) is 6.48. The SMILES string of the molecule is CCOc1ccc(C[C@@H]([NH3+])COC(=O)N(C)C(N)=O)cc1. The Labute approximate surface area is 123 Å². The lowest BCUT2D eigenvalue weighted by Gasteiger charge is -2.14. The molecule has 0 heterocycles. The summed E-state index contributed by atoms with van der Waals surface area (Å²) in [6.07, 6.45) is -0.122. The van der Waals surface area contributed by atoms with Crippen LogP contribution in [0.1, 0.15) is 12.5 Å². The van der Waals surface area contributed by atoms with Gasteiger partial charge >= 0.3 is 12.1 Å². The van der Waals surface area contributed by atoms with Gasteiger partial charge in [0, 0.05) is 13.5 Å². The van der Waals surface area contributed by atoms with Gasteiger partial charge in [0.15, 0.2) is 0 Å². The Morgan fingerprint density at radius 3 is 2.48 bits per heavy atom. The number of nitrogens with zero attached hydrogens (tertiary/aromatic N) is 1. The van der Waals surface area contributed by atoms with Crippen molar-refractivity contribution in [3.05, 3.63) is 29.8 Å². The lowest BCUT2D eigenvalue weighted by molar-refractivity contribution is -0.424. The number of imide groups is 1. The third-order valence-electron chi connectivity index (χ3n) is 2.81. The minimum atomic E-state index is -0.855. The van der Waals surface area contributed by atoms with E-state index in [-0.39, 0.29) is 12.6 Å². The zero-order valence-corrected chi connectivity index (χ0v) is 12.4. The van der Waals surface area contributed by atoms with Crippen LogP contribution < -0.4 is 16.2 Å². The predicted octanol–water partition coefficient (Wildman–Crippen LogP) is 0.385. The third kappa shape index (κ3) is 5.70. The van der Waals surface area contributed by atoms with Crippen molar-refractivity contribution in [3.63, 3.8) is 0 Å². The first-order chi connectivity index (χ1) is 9.93. The van der Waals surface area contributed by atoms with E-state index in [1.165, 1.54) is 7.05 Å². The largest absolute Gasteiger partial charge is 0.494 e. The molecule has 1 aromatic carbocycles. The summed E-state index contributed by atoms with van der Waals surface area (Å²) in [7, 11) is 1.26. The first-order valence-corrected chi connectivity index (χ1v) is 6.68. The summed E-state index contributed by atoms with van der Waals surface area (Å²) in [5, 5.41) is 0. The monoisotopic (exact) mass is 296 g/mol. The molecule has 3 amide bonds. The smallest absolute Gasteiger partial charge is 0.417 e. The van der Waals surface area contributed by atoms with E-state index in [0.717, 1.165) is 11.3 Å². The summed E-state index contributed by atoms with van der Waals surface area (Å²) in [5.41, 5.74) is 9.96. The normalized spacial score (nSPS) is 11.6. The first kappa shape index (κ1) is 16.8. The van der Waals surface area contributed by atoms with Crippen LogP contribution in [0.5, 0.6) is 5.75 Å². The molecule has 0 aliphatic carbocycles. The molecule has 0 aromatic heterocycles. The van der Waals surface area contributed by atoms with E-state index in [1.54, 1.807) is 0 Å².